The normalized spacial score (nSPS) is 14.0. The molecule has 4 rings (SSSR count). The first-order valence-electron chi connectivity index (χ1n) is 7.74. The Morgan fingerprint density at radius 2 is 2.22 bits per heavy atom. The molecule has 0 aliphatic carbocycles. The van der Waals surface area contributed by atoms with Crippen molar-refractivity contribution in [3.05, 3.63) is 59.0 Å². The summed E-state index contributed by atoms with van der Waals surface area (Å²) in [7, 11) is 0. The molecule has 0 atom stereocenters. The van der Waals surface area contributed by atoms with Crippen LogP contribution in [0, 0.1) is 6.92 Å². The molecule has 1 aliphatic rings. The molecule has 2 aromatic heterocycles. The lowest BCUT2D eigenvalue weighted by Crippen LogP contribution is -2.27. The van der Waals surface area contributed by atoms with E-state index in [2.05, 4.69) is 10.3 Å². The fourth-order valence-corrected chi connectivity index (χ4v) is 3.37. The summed E-state index contributed by atoms with van der Waals surface area (Å²) in [6.07, 6.45) is 4.38. The average Bonchev–Trinajstić information content (AvgIpc) is 2.91. The van der Waals surface area contributed by atoms with E-state index in [0.29, 0.717) is 11.3 Å². The molecule has 5 heteroatoms. The number of hydrogen-bond acceptors (Lipinski definition) is 4. The first-order chi connectivity index (χ1) is 11.2. The predicted octanol–water partition coefficient (Wildman–Crippen LogP) is 2.26. The molecule has 1 aromatic carbocycles. The molecule has 0 saturated heterocycles. The first kappa shape index (κ1) is 14.0. The lowest BCUT2D eigenvalue weighted by atomic mass is 9.98. The van der Waals surface area contributed by atoms with E-state index in [0.717, 1.165) is 47.2 Å². The molecule has 3 aromatic rings. The summed E-state index contributed by atoms with van der Waals surface area (Å²) in [6.45, 7) is 3.58. The summed E-state index contributed by atoms with van der Waals surface area (Å²) in [6, 6.07) is 7.63. The molecule has 0 unspecified atom stereocenters. The minimum absolute atomic E-state index is 0.0330. The fourth-order valence-electron chi connectivity index (χ4n) is 3.37. The van der Waals surface area contributed by atoms with Gasteiger partial charge in [0, 0.05) is 35.7 Å². The molecular weight excluding hydrogens is 288 g/mol. The maximum absolute atomic E-state index is 13.2. The van der Waals surface area contributed by atoms with E-state index in [1.54, 1.807) is 10.8 Å². The number of pyridine rings is 1. The quantitative estimate of drug-likeness (QED) is 0.676. The van der Waals surface area contributed by atoms with E-state index in [9.17, 15) is 4.79 Å². The van der Waals surface area contributed by atoms with Crippen molar-refractivity contribution < 1.29 is 4.79 Å². The molecule has 0 radical (unpaired) electrons. The van der Waals surface area contributed by atoms with Gasteiger partial charge in [-0.2, -0.15) is 0 Å². The van der Waals surface area contributed by atoms with Crippen LogP contribution >= 0.6 is 0 Å². The smallest absolute Gasteiger partial charge is 0.264 e. The molecule has 0 spiro atoms. The van der Waals surface area contributed by atoms with Gasteiger partial charge in [-0.25, -0.2) is 0 Å². The Morgan fingerprint density at radius 3 is 3.09 bits per heavy atom. The lowest BCUT2D eigenvalue weighted by Gasteiger charge is -2.19. The highest BCUT2D eigenvalue weighted by atomic mass is 16.2. The maximum Gasteiger partial charge on any atom is 0.264 e. The van der Waals surface area contributed by atoms with Gasteiger partial charge >= 0.3 is 0 Å². The van der Waals surface area contributed by atoms with Crippen molar-refractivity contribution in [2.75, 3.05) is 12.3 Å². The third-order valence-electron chi connectivity index (χ3n) is 4.51. The van der Waals surface area contributed by atoms with Crippen LogP contribution in [0.1, 0.15) is 27.2 Å². The van der Waals surface area contributed by atoms with Crippen LogP contribution in [0.25, 0.3) is 10.9 Å². The number of nitrogen functional groups attached to an aromatic ring is 1. The van der Waals surface area contributed by atoms with Gasteiger partial charge in [0.2, 0.25) is 0 Å². The van der Waals surface area contributed by atoms with E-state index in [1.807, 2.05) is 37.4 Å². The van der Waals surface area contributed by atoms with Crippen LogP contribution in [0.5, 0.6) is 0 Å². The monoisotopic (exact) mass is 306 g/mol. The Kier molecular flexibility index (Phi) is 3.16. The number of nitrogens with zero attached hydrogens (tertiary/aromatic N) is 2. The molecule has 0 fully saturated rings. The van der Waals surface area contributed by atoms with Gasteiger partial charge in [0.15, 0.2) is 0 Å². The number of carbonyl (C=O) groups is 1. The van der Waals surface area contributed by atoms with Crippen molar-refractivity contribution in [1.29, 1.82) is 0 Å². The zero-order valence-corrected chi connectivity index (χ0v) is 13.0. The van der Waals surface area contributed by atoms with Gasteiger partial charge in [-0.1, -0.05) is 6.07 Å². The number of benzene rings is 1. The predicted molar refractivity (Wildman–Crippen MR) is 90.5 cm³/mol. The number of rotatable bonds is 1. The molecule has 0 bridgehead atoms. The van der Waals surface area contributed by atoms with Crippen LogP contribution in [0.3, 0.4) is 0 Å². The minimum Gasteiger partial charge on any atom is -0.398 e. The van der Waals surface area contributed by atoms with Crippen LogP contribution in [0.4, 0.5) is 5.69 Å². The zero-order valence-electron chi connectivity index (χ0n) is 13.0. The highest BCUT2D eigenvalue weighted by Crippen LogP contribution is 2.27. The Labute approximate surface area is 134 Å². The van der Waals surface area contributed by atoms with Crippen LogP contribution < -0.4 is 11.1 Å². The number of anilines is 1. The van der Waals surface area contributed by atoms with Crippen molar-refractivity contribution in [2.45, 2.75) is 19.9 Å². The fraction of sp³-hybridized carbons (Fsp3) is 0.222. The zero-order chi connectivity index (χ0) is 16.0. The molecule has 5 nitrogen and oxygen atoms in total. The number of hydrogen-bond donors (Lipinski definition) is 2. The van der Waals surface area contributed by atoms with E-state index in [4.69, 9.17) is 5.73 Å². The van der Waals surface area contributed by atoms with Crippen molar-refractivity contribution in [2.24, 2.45) is 0 Å². The second-order valence-electron chi connectivity index (χ2n) is 5.96. The highest BCUT2D eigenvalue weighted by molar-refractivity contribution is 6.06. The van der Waals surface area contributed by atoms with Gasteiger partial charge in [-0.3, -0.25) is 14.3 Å². The maximum atomic E-state index is 13.2. The molecule has 0 saturated carbocycles. The van der Waals surface area contributed by atoms with Crippen LogP contribution in [-0.4, -0.2) is 22.0 Å². The van der Waals surface area contributed by atoms with Gasteiger partial charge in [0.1, 0.15) is 0 Å². The Balaban J connectivity index is 1.91. The number of nitrogens with two attached hydrogens (primary N) is 1. The van der Waals surface area contributed by atoms with Crippen molar-refractivity contribution >= 4 is 22.5 Å². The summed E-state index contributed by atoms with van der Waals surface area (Å²) >= 11 is 0. The number of aryl methyl sites for hydroxylation is 1. The molecule has 1 aliphatic heterocycles. The van der Waals surface area contributed by atoms with Gasteiger partial charge in [-0.05, 0) is 49.2 Å². The Morgan fingerprint density at radius 1 is 1.35 bits per heavy atom. The number of fused-ring (bicyclic) bond motifs is 2. The van der Waals surface area contributed by atoms with Gasteiger partial charge in [0.05, 0.1) is 11.1 Å². The second-order valence-corrected chi connectivity index (χ2v) is 5.96. The SMILES string of the molecule is Cc1cc2c(N)cccc2n1C(=O)c1cncc2c1CCNC2. The largest absolute Gasteiger partial charge is 0.398 e. The number of aromatic nitrogens is 2. The van der Waals surface area contributed by atoms with Crippen molar-refractivity contribution in [3.8, 4) is 0 Å². The summed E-state index contributed by atoms with van der Waals surface area (Å²) < 4.78 is 1.74. The van der Waals surface area contributed by atoms with Gasteiger partial charge < -0.3 is 11.1 Å². The second kappa shape index (κ2) is 5.21. The minimum atomic E-state index is -0.0330. The number of nitrogens with one attached hydrogen (secondary N) is 1. The van der Waals surface area contributed by atoms with Crippen LogP contribution in [-0.2, 0) is 13.0 Å². The van der Waals surface area contributed by atoms with Gasteiger partial charge in [0.25, 0.3) is 5.91 Å². The molecule has 3 heterocycles. The van der Waals surface area contributed by atoms with Crippen molar-refractivity contribution in [1.82, 2.24) is 14.9 Å². The molecule has 116 valence electrons. The van der Waals surface area contributed by atoms with Crippen LogP contribution in [0.2, 0.25) is 0 Å². The lowest BCUT2D eigenvalue weighted by molar-refractivity contribution is 0.0961. The summed E-state index contributed by atoms with van der Waals surface area (Å²) in [4.78, 5) is 17.4. The third kappa shape index (κ3) is 2.12. The van der Waals surface area contributed by atoms with Crippen LogP contribution in [0.15, 0.2) is 36.7 Å². The molecule has 3 N–H and O–H groups in total. The third-order valence-corrected chi connectivity index (χ3v) is 4.51. The first-order valence-corrected chi connectivity index (χ1v) is 7.74. The molecule has 23 heavy (non-hydrogen) atoms. The standard InChI is InChI=1S/C18H18N4O/c1-11-7-14-16(19)3-2-4-17(14)22(11)18(23)15-10-21-9-12-8-20-6-5-13(12)15/h2-4,7,9-10,20H,5-6,8,19H2,1H3. The Bertz CT molecular complexity index is 926. The van der Waals surface area contributed by atoms with Crippen molar-refractivity contribution in [3.63, 3.8) is 0 Å². The summed E-state index contributed by atoms with van der Waals surface area (Å²) in [5, 5.41) is 4.23. The Hall–Kier alpha value is -2.66. The van der Waals surface area contributed by atoms with E-state index in [1.165, 1.54) is 0 Å². The van der Waals surface area contributed by atoms with Gasteiger partial charge in [-0.15, -0.1) is 0 Å². The van der Waals surface area contributed by atoms with E-state index < -0.39 is 0 Å². The number of carbonyl (C=O) groups excluding carboxylic acids is 1. The molecule has 0 amide bonds. The summed E-state index contributed by atoms with van der Waals surface area (Å²) in [5.41, 5.74) is 11.4. The molecular formula is C18H18N4O. The average molecular weight is 306 g/mol. The topological polar surface area (TPSA) is 72.9 Å². The van der Waals surface area contributed by atoms with E-state index in [-0.39, 0.29) is 5.91 Å². The highest BCUT2D eigenvalue weighted by Gasteiger charge is 2.22. The van der Waals surface area contributed by atoms with E-state index >= 15 is 0 Å². The summed E-state index contributed by atoms with van der Waals surface area (Å²) in [5.74, 6) is -0.0330.